The molecule has 0 heterocycles. The number of benzene rings is 1. The van der Waals surface area contributed by atoms with E-state index in [1.165, 1.54) is 6.42 Å². The minimum Gasteiger partial charge on any atom is -0.494 e. The molecule has 0 aliphatic heterocycles. The maximum absolute atomic E-state index is 12.0. The fraction of sp³-hybridized carbons (Fsp3) is 0.588. The van der Waals surface area contributed by atoms with Gasteiger partial charge in [-0.05, 0) is 55.9 Å². The Morgan fingerprint density at radius 2 is 2.10 bits per heavy atom. The minimum absolute atomic E-state index is 0.136. The van der Waals surface area contributed by atoms with Crippen molar-refractivity contribution in [2.24, 2.45) is 5.41 Å². The molecule has 0 saturated heterocycles. The largest absolute Gasteiger partial charge is 0.494 e. The van der Waals surface area contributed by atoms with Crippen molar-refractivity contribution in [3.8, 4) is 5.75 Å². The summed E-state index contributed by atoms with van der Waals surface area (Å²) in [5.41, 5.74) is 0.375. The van der Waals surface area contributed by atoms with Crippen LogP contribution in [0.2, 0.25) is 0 Å². The molecule has 21 heavy (non-hydrogen) atoms. The number of hydrogen-bond acceptors (Lipinski definition) is 3. The third kappa shape index (κ3) is 5.27. The summed E-state index contributed by atoms with van der Waals surface area (Å²) in [6, 6.07) is 8.25. The van der Waals surface area contributed by atoms with Crippen molar-refractivity contribution in [2.45, 2.75) is 51.0 Å². The van der Waals surface area contributed by atoms with Gasteiger partial charge in [0.25, 0.3) is 0 Å². The minimum atomic E-state index is 0.136. The Labute approximate surface area is 131 Å². The monoisotopic (exact) mass is 307 g/mol. The molecule has 1 aromatic carbocycles. The van der Waals surface area contributed by atoms with Gasteiger partial charge < -0.3 is 10.1 Å². The molecule has 1 aromatic rings. The summed E-state index contributed by atoms with van der Waals surface area (Å²) in [5.74, 6) is 1.49. The van der Waals surface area contributed by atoms with Crippen molar-refractivity contribution in [2.75, 3.05) is 12.4 Å². The zero-order valence-corrected chi connectivity index (χ0v) is 14.0. The Morgan fingerprint density at radius 3 is 2.67 bits per heavy atom. The van der Waals surface area contributed by atoms with Crippen LogP contribution in [0.25, 0.3) is 0 Å². The first-order chi connectivity index (χ1) is 9.98. The Hall–Kier alpha value is -1.16. The summed E-state index contributed by atoms with van der Waals surface area (Å²) in [6.07, 6.45) is 3.39. The number of thioether (sulfide) groups is 1. The topological polar surface area (TPSA) is 38.3 Å². The lowest BCUT2D eigenvalue weighted by Crippen LogP contribution is -2.34. The normalized spacial score (nSPS) is 20.2. The van der Waals surface area contributed by atoms with Crippen molar-refractivity contribution < 1.29 is 9.53 Å². The van der Waals surface area contributed by atoms with E-state index in [9.17, 15) is 4.79 Å². The van der Waals surface area contributed by atoms with Gasteiger partial charge in [0.05, 0.1) is 12.4 Å². The molecular formula is C17H25NO2S. The van der Waals surface area contributed by atoms with Crippen LogP contribution >= 0.6 is 11.8 Å². The molecule has 3 nitrogen and oxygen atoms in total. The first-order valence-electron chi connectivity index (χ1n) is 7.63. The third-order valence-corrected chi connectivity index (χ3v) is 4.85. The van der Waals surface area contributed by atoms with Gasteiger partial charge in [-0.25, -0.2) is 0 Å². The van der Waals surface area contributed by atoms with Crippen LogP contribution in [-0.2, 0) is 4.79 Å². The Morgan fingerprint density at radius 1 is 1.38 bits per heavy atom. The second-order valence-corrected chi connectivity index (χ2v) is 7.41. The first kappa shape index (κ1) is 16.2. The maximum atomic E-state index is 12.0. The van der Waals surface area contributed by atoms with Crippen molar-refractivity contribution in [1.82, 2.24) is 5.32 Å². The number of carbonyl (C=O) groups is 1. The van der Waals surface area contributed by atoms with E-state index in [1.54, 1.807) is 11.8 Å². The second kappa shape index (κ2) is 7.21. The molecule has 116 valence electrons. The molecule has 1 amide bonds. The lowest BCUT2D eigenvalue weighted by Gasteiger charge is -2.17. The van der Waals surface area contributed by atoms with Gasteiger partial charge in [-0.15, -0.1) is 11.8 Å². The quantitative estimate of drug-likeness (QED) is 0.811. The highest BCUT2D eigenvalue weighted by molar-refractivity contribution is 8.00. The van der Waals surface area contributed by atoms with Gasteiger partial charge in [0.2, 0.25) is 5.91 Å². The third-order valence-electron chi connectivity index (χ3n) is 3.84. The molecular weight excluding hydrogens is 282 g/mol. The summed E-state index contributed by atoms with van der Waals surface area (Å²) < 4.78 is 5.41. The lowest BCUT2D eigenvalue weighted by molar-refractivity contribution is -0.119. The van der Waals surface area contributed by atoms with Crippen LogP contribution in [0.1, 0.15) is 40.0 Å². The van der Waals surface area contributed by atoms with Gasteiger partial charge in [-0.1, -0.05) is 13.8 Å². The van der Waals surface area contributed by atoms with Gasteiger partial charge >= 0.3 is 0 Å². The fourth-order valence-electron chi connectivity index (χ4n) is 2.78. The summed E-state index contributed by atoms with van der Waals surface area (Å²) >= 11 is 1.57. The zero-order chi connectivity index (χ0) is 15.3. The van der Waals surface area contributed by atoms with Crippen molar-refractivity contribution in [3.05, 3.63) is 24.3 Å². The fourth-order valence-corrected chi connectivity index (χ4v) is 3.49. The van der Waals surface area contributed by atoms with E-state index in [2.05, 4.69) is 19.2 Å². The average molecular weight is 307 g/mol. The van der Waals surface area contributed by atoms with E-state index in [-0.39, 0.29) is 5.91 Å². The number of carbonyl (C=O) groups excluding carboxylic acids is 1. The van der Waals surface area contributed by atoms with Crippen LogP contribution in [0, 0.1) is 5.41 Å². The van der Waals surface area contributed by atoms with Gasteiger partial charge in [0, 0.05) is 10.9 Å². The number of amides is 1. The molecule has 0 bridgehead atoms. The lowest BCUT2D eigenvalue weighted by atomic mass is 9.92. The van der Waals surface area contributed by atoms with E-state index in [0.717, 1.165) is 23.5 Å². The molecule has 1 atom stereocenters. The predicted molar refractivity (Wildman–Crippen MR) is 87.9 cm³/mol. The zero-order valence-electron chi connectivity index (χ0n) is 13.1. The van der Waals surface area contributed by atoms with Crippen LogP contribution in [0.5, 0.6) is 5.75 Å². The molecule has 0 aromatic heterocycles. The van der Waals surface area contributed by atoms with Gasteiger partial charge in [0.1, 0.15) is 5.75 Å². The molecule has 1 fully saturated rings. The molecule has 1 N–H and O–H groups in total. The average Bonchev–Trinajstić information content (AvgIpc) is 2.77. The van der Waals surface area contributed by atoms with Crippen LogP contribution in [0.4, 0.5) is 0 Å². The van der Waals surface area contributed by atoms with E-state index < -0.39 is 0 Å². The Kier molecular flexibility index (Phi) is 5.57. The van der Waals surface area contributed by atoms with Crippen molar-refractivity contribution >= 4 is 17.7 Å². The van der Waals surface area contributed by atoms with E-state index in [4.69, 9.17) is 4.74 Å². The highest BCUT2D eigenvalue weighted by Crippen LogP contribution is 2.36. The van der Waals surface area contributed by atoms with E-state index >= 15 is 0 Å². The summed E-state index contributed by atoms with van der Waals surface area (Å²) in [7, 11) is 0. The van der Waals surface area contributed by atoms with Crippen molar-refractivity contribution in [3.63, 3.8) is 0 Å². The Bertz CT molecular complexity index is 470. The summed E-state index contributed by atoms with van der Waals surface area (Å²) in [4.78, 5) is 13.1. The molecule has 1 saturated carbocycles. The second-order valence-electron chi connectivity index (χ2n) is 6.36. The van der Waals surface area contributed by atoms with Crippen LogP contribution < -0.4 is 10.1 Å². The van der Waals surface area contributed by atoms with Crippen LogP contribution in [0.15, 0.2) is 29.2 Å². The van der Waals surface area contributed by atoms with Crippen molar-refractivity contribution in [1.29, 1.82) is 0 Å². The van der Waals surface area contributed by atoms with E-state index in [1.807, 2.05) is 31.2 Å². The van der Waals surface area contributed by atoms with Gasteiger partial charge in [-0.2, -0.15) is 0 Å². The number of hydrogen-bond donors (Lipinski definition) is 1. The summed E-state index contributed by atoms with van der Waals surface area (Å²) in [6.45, 7) is 7.19. The van der Waals surface area contributed by atoms with E-state index in [0.29, 0.717) is 23.8 Å². The SMILES string of the molecule is CCOc1ccc(SCC(=O)NC2CCC(C)(C)C2)cc1. The maximum Gasteiger partial charge on any atom is 0.230 e. The molecule has 1 aliphatic rings. The highest BCUT2D eigenvalue weighted by atomic mass is 32.2. The number of ether oxygens (including phenoxy) is 1. The molecule has 2 rings (SSSR count). The standard InChI is InChI=1S/C17H25NO2S/c1-4-20-14-5-7-15(8-6-14)21-12-16(19)18-13-9-10-17(2,3)11-13/h5-8,13H,4,9-12H2,1-3H3,(H,18,19). The number of rotatable bonds is 6. The highest BCUT2D eigenvalue weighted by Gasteiger charge is 2.31. The van der Waals surface area contributed by atoms with Gasteiger partial charge in [-0.3, -0.25) is 4.79 Å². The van der Waals surface area contributed by atoms with Gasteiger partial charge in [0.15, 0.2) is 0 Å². The molecule has 1 unspecified atom stereocenters. The Balaban J connectivity index is 1.73. The molecule has 0 spiro atoms. The molecule has 4 heteroatoms. The molecule has 1 aliphatic carbocycles. The van der Waals surface area contributed by atoms with Crippen LogP contribution in [-0.4, -0.2) is 24.3 Å². The smallest absolute Gasteiger partial charge is 0.230 e. The predicted octanol–water partition coefficient (Wildman–Crippen LogP) is 3.87. The molecule has 0 radical (unpaired) electrons. The van der Waals surface area contributed by atoms with Crippen LogP contribution in [0.3, 0.4) is 0 Å². The summed E-state index contributed by atoms with van der Waals surface area (Å²) in [5, 5.41) is 3.15. The first-order valence-corrected chi connectivity index (χ1v) is 8.62. The number of nitrogens with one attached hydrogen (secondary N) is 1.